The molecular formula is C10H12F3N3O3. The molecule has 0 atom stereocenters. The van der Waals surface area contributed by atoms with Crippen molar-refractivity contribution in [3.05, 3.63) is 27.9 Å². The first-order valence-corrected chi connectivity index (χ1v) is 5.28. The minimum Gasteiger partial charge on any atom is -0.395 e. The predicted molar refractivity (Wildman–Crippen MR) is 61.0 cm³/mol. The summed E-state index contributed by atoms with van der Waals surface area (Å²) in [6, 6.07) is 1.14. The second kappa shape index (κ2) is 5.83. The van der Waals surface area contributed by atoms with Crippen LogP contribution in [0.3, 0.4) is 0 Å². The SMILES string of the molecule is Cc1cc([N+](=O)[O-])cnc1N(CCO)CC(F)(F)F. The smallest absolute Gasteiger partial charge is 0.395 e. The number of hydrogen-bond donors (Lipinski definition) is 1. The van der Waals surface area contributed by atoms with Crippen LogP contribution in [0.4, 0.5) is 24.7 Å². The van der Waals surface area contributed by atoms with E-state index in [0.29, 0.717) is 0 Å². The molecule has 0 aliphatic rings. The minimum absolute atomic E-state index is 0.0306. The lowest BCUT2D eigenvalue weighted by molar-refractivity contribution is -0.385. The maximum absolute atomic E-state index is 12.4. The molecule has 6 nitrogen and oxygen atoms in total. The summed E-state index contributed by atoms with van der Waals surface area (Å²) < 4.78 is 37.2. The number of aliphatic hydroxyl groups is 1. The highest BCUT2D eigenvalue weighted by Crippen LogP contribution is 2.25. The highest BCUT2D eigenvalue weighted by molar-refractivity contribution is 5.50. The van der Waals surface area contributed by atoms with Crippen molar-refractivity contribution in [3.8, 4) is 0 Å². The third-order valence-corrected chi connectivity index (χ3v) is 2.29. The number of pyridine rings is 1. The third kappa shape index (κ3) is 4.36. The minimum atomic E-state index is -4.45. The van der Waals surface area contributed by atoms with Gasteiger partial charge in [-0.15, -0.1) is 0 Å². The monoisotopic (exact) mass is 279 g/mol. The number of anilines is 1. The molecule has 1 heterocycles. The standard InChI is InChI=1S/C10H12F3N3O3/c1-7-4-8(16(18)19)5-14-9(7)15(2-3-17)6-10(11,12)13/h4-5,17H,2-3,6H2,1H3. The third-order valence-electron chi connectivity index (χ3n) is 2.29. The fraction of sp³-hybridized carbons (Fsp3) is 0.500. The molecule has 9 heteroatoms. The van der Waals surface area contributed by atoms with Crippen LogP contribution in [-0.2, 0) is 0 Å². The molecule has 0 aromatic carbocycles. The molecule has 1 rings (SSSR count). The first-order valence-electron chi connectivity index (χ1n) is 5.28. The summed E-state index contributed by atoms with van der Waals surface area (Å²) in [7, 11) is 0. The average Bonchev–Trinajstić information content (AvgIpc) is 2.26. The van der Waals surface area contributed by atoms with Gasteiger partial charge in [0.25, 0.3) is 5.69 Å². The summed E-state index contributed by atoms with van der Waals surface area (Å²) in [5, 5.41) is 19.3. The van der Waals surface area contributed by atoms with Crippen molar-refractivity contribution in [2.45, 2.75) is 13.1 Å². The van der Waals surface area contributed by atoms with Crippen LogP contribution in [0.1, 0.15) is 5.56 Å². The van der Waals surface area contributed by atoms with Gasteiger partial charge in [-0.3, -0.25) is 10.1 Å². The molecule has 0 radical (unpaired) electrons. The van der Waals surface area contributed by atoms with Crippen LogP contribution in [0.25, 0.3) is 0 Å². The highest BCUT2D eigenvalue weighted by atomic mass is 19.4. The van der Waals surface area contributed by atoms with Crippen LogP contribution in [-0.4, -0.2) is 40.9 Å². The van der Waals surface area contributed by atoms with Gasteiger partial charge in [0, 0.05) is 12.6 Å². The molecule has 0 bridgehead atoms. The molecule has 19 heavy (non-hydrogen) atoms. The largest absolute Gasteiger partial charge is 0.405 e. The Kier molecular flexibility index (Phi) is 4.65. The lowest BCUT2D eigenvalue weighted by Crippen LogP contribution is -2.37. The number of alkyl halides is 3. The summed E-state index contributed by atoms with van der Waals surface area (Å²) >= 11 is 0. The number of hydrogen-bond acceptors (Lipinski definition) is 5. The lowest BCUT2D eigenvalue weighted by Gasteiger charge is -2.25. The van der Waals surface area contributed by atoms with E-state index >= 15 is 0 Å². The van der Waals surface area contributed by atoms with Gasteiger partial charge in [0.15, 0.2) is 0 Å². The lowest BCUT2D eigenvalue weighted by atomic mass is 10.2. The Morgan fingerprint density at radius 1 is 1.53 bits per heavy atom. The molecule has 0 aliphatic carbocycles. The quantitative estimate of drug-likeness (QED) is 0.655. The van der Waals surface area contributed by atoms with Crippen molar-refractivity contribution in [1.82, 2.24) is 4.98 Å². The van der Waals surface area contributed by atoms with E-state index < -0.39 is 24.3 Å². The maximum Gasteiger partial charge on any atom is 0.405 e. The number of halogens is 3. The zero-order chi connectivity index (χ0) is 14.6. The van der Waals surface area contributed by atoms with E-state index in [9.17, 15) is 23.3 Å². The number of aryl methyl sites for hydroxylation is 1. The molecule has 1 aromatic heterocycles. The predicted octanol–water partition coefficient (Wildman–Crippen LogP) is 1.66. The molecular weight excluding hydrogens is 267 g/mol. The van der Waals surface area contributed by atoms with Crippen LogP contribution in [0.2, 0.25) is 0 Å². The fourth-order valence-corrected chi connectivity index (χ4v) is 1.58. The van der Waals surface area contributed by atoms with Gasteiger partial charge in [-0.2, -0.15) is 13.2 Å². The van der Waals surface area contributed by atoms with Crippen LogP contribution >= 0.6 is 0 Å². The normalized spacial score (nSPS) is 11.4. The summed E-state index contributed by atoms with van der Waals surface area (Å²) in [6.07, 6.45) is -3.56. The number of aliphatic hydroxyl groups excluding tert-OH is 1. The molecule has 0 saturated carbocycles. The van der Waals surface area contributed by atoms with Gasteiger partial charge in [-0.25, -0.2) is 4.98 Å². The van der Waals surface area contributed by atoms with Crippen LogP contribution in [0.5, 0.6) is 0 Å². The zero-order valence-corrected chi connectivity index (χ0v) is 10.0. The van der Waals surface area contributed by atoms with Gasteiger partial charge in [0.1, 0.15) is 18.6 Å². The summed E-state index contributed by atoms with van der Waals surface area (Å²) in [6.45, 7) is -0.589. The molecule has 0 saturated heterocycles. The molecule has 0 spiro atoms. The van der Waals surface area contributed by atoms with Crippen molar-refractivity contribution in [1.29, 1.82) is 0 Å². The van der Waals surface area contributed by atoms with Gasteiger partial charge in [-0.1, -0.05) is 0 Å². The van der Waals surface area contributed by atoms with Gasteiger partial charge < -0.3 is 10.0 Å². The van der Waals surface area contributed by atoms with Crippen LogP contribution in [0, 0.1) is 17.0 Å². The molecule has 0 amide bonds. The van der Waals surface area contributed by atoms with E-state index in [1.165, 1.54) is 6.92 Å². The number of rotatable bonds is 5. The van der Waals surface area contributed by atoms with Gasteiger partial charge in [0.2, 0.25) is 0 Å². The number of nitro groups is 1. The van der Waals surface area contributed by atoms with E-state index in [4.69, 9.17) is 5.11 Å². The van der Waals surface area contributed by atoms with Gasteiger partial charge in [-0.05, 0) is 12.5 Å². The van der Waals surface area contributed by atoms with E-state index in [-0.39, 0.29) is 23.6 Å². The van der Waals surface area contributed by atoms with Crippen molar-refractivity contribution in [3.63, 3.8) is 0 Å². The van der Waals surface area contributed by atoms with Crippen molar-refractivity contribution < 1.29 is 23.2 Å². The summed E-state index contributed by atoms with van der Waals surface area (Å²) in [5.74, 6) is -0.0306. The summed E-state index contributed by atoms with van der Waals surface area (Å²) in [5.41, 5.74) is -0.0518. The molecule has 0 aliphatic heterocycles. The van der Waals surface area contributed by atoms with E-state index in [1.54, 1.807) is 0 Å². The second-order valence-corrected chi connectivity index (χ2v) is 3.85. The first kappa shape index (κ1) is 15.2. The fourth-order valence-electron chi connectivity index (χ4n) is 1.58. The van der Waals surface area contributed by atoms with E-state index in [0.717, 1.165) is 17.2 Å². The molecule has 1 aromatic rings. The molecule has 106 valence electrons. The summed E-state index contributed by atoms with van der Waals surface area (Å²) in [4.78, 5) is 14.4. The topological polar surface area (TPSA) is 79.5 Å². The first-order chi connectivity index (χ1) is 8.74. The Balaban J connectivity index is 3.06. The number of aromatic nitrogens is 1. The Labute approximate surface area is 106 Å². The van der Waals surface area contributed by atoms with Crippen molar-refractivity contribution >= 4 is 11.5 Å². The van der Waals surface area contributed by atoms with Gasteiger partial charge in [0.05, 0.1) is 11.5 Å². The Bertz CT molecular complexity index is 465. The highest BCUT2D eigenvalue weighted by Gasteiger charge is 2.32. The van der Waals surface area contributed by atoms with Crippen LogP contribution < -0.4 is 4.90 Å². The Morgan fingerprint density at radius 3 is 2.58 bits per heavy atom. The Hall–Kier alpha value is -1.90. The van der Waals surface area contributed by atoms with Gasteiger partial charge >= 0.3 is 6.18 Å². The van der Waals surface area contributed by atoms with E-state index in [2.05, 4.69) is 4.98 Å². The molecule has 1 N–H and O–H groups in total. The average molecular weight is 279 g/mol. The number of nitrogens with zero attached hydrogens (tertiary/aromatic N) is 3. The van der Waals surface area contributed by atoms with Crippen LogP contribution in [0.15, 0.2) is 12.3 Å². The van der Waals surface area contributed by atoms with E-state index in [1.807, 2.05) is 0 Å². The second-order valence-electron chi connectivity index (χ2n) is 3.85. The maximum atomic E-state index is 12.4. The zero-order valence-electron chi connectivity index (χ0n) is 10.0. The van der Waals surface area contributed by atoms with Crippen molar-refractivity contribution in [2.24, 2.45) is 0 Å². The van der Waals surface area contributed by atoms with Crippen molar-refractivity contribution in [2.75, 3.05) is 24.6 Å². The molecule has 0 fully saturated rings. The Morgan fingerprint density at radius 2 is 2.16 bits per heavy atom. The molecule has 0 unspecified atom stereocenters.